The highest BCUT2D eigenvalue weighted by molar-refractivity contribution is 7.11. The van der Waals surface area contributed by atoms with Gasteiger partial charge in [-0.3, -0.25) is 0 Å². The Hall–Kier alpha value is -0.410. The molecule has 0 bridgehead atoms. The minimum Gasteiger partial charge on any atom is -0.311 e. The van der Waals surface area contributed by atoms with E-state index < -0.39 is 0 Å². The molecular weight excluding hydrogens is 168 g/mol. The van der Waals surface area contributed by atoms with Crippen molar-refractivity contribution in [2.24, 2.45) is 0 Å². The zero-order valence-corrected chi connectivity index (χ0v) is 7.78. The van der Waals surface area contributed by atoms with Crippen LogP contribution in [-0.2, 0) is 13.0 Å². The van der Waals surface area contributed by atoms with Gasteiger partial charge in [-0.25, -0.2) is 4.98 Å². The first-order chi connectivity index (χ1) is 5.93. The van der Waals surface area contributed by atoms with Gasteiger partial charge in [0.05, 0.1) is 10.7 Å². The molecule has 2 aliphatic rings. The van der Waals surface area contributed by atoms with Crippen molar-refractivity contribution < 1.29 is 0 Å². The minimum absolute atomic E-state index is 0.834. The molecule has 0 atom stereocenters. The number of aromatic nitrogens is 1. The molecule has 2 heterocycles. The smallest absolute Gasteiger partial charge is 0.0962 e. The molecule has 64 valence electrons. The summed E-state index contributed by atoms with van der Waals surface area (Å²) >= 11 is 1.93. The maximum atomic E-state index is 4.69. The van der Waals surface area contributed by atoms with Gasteiger partial charge in [0.2, 0.25) is 0 Å². The largest absolute Gasteiger partial charge is 0.311 e. The molecule has 0 spiro atoms. The van der Waals surface area contributed by atoms with E-state index in [1.807, 2.05) is 11.3 Å². The summed E-state index contributed by atoms with van der Waals surface area (Å²) in [5.74, 6) is 0.834. The van der Waals surface area contributed by atoms with Crippen molar-refractivity contribution in [3.8, 4) is 0 Å². The molecular formula is C9H12N2S. The second kappa shape index (κ2) is 2.54. The van der Waals surface area contributed by atoms with E-state index in [1.54, 1.807) is 0 Å². The molecule has 1 aliphatic heterocycles. The second-order valence-corrected chi connectivity index (χ2v) is 4.74. The lowest BCUT2D eigenvalue weighted by molar-refractivity contribution is 0.642. The molecule has 0 amide bonds. The summed E-state index contributed by atoms with van der Waals surface area (Å²) in [5, 5.41) is 4.79. The maximum absolute atomic E-state index is 4.69. The van der Waals surface area contributed by atoms with Crippen LogP contribution in [0.5, 0.6) is 0 Å². The maximum Gasteiger partial charge on any atom is 0.0962 e. The highest BCUT2D eigenvalue weighted by Crippen LogP contribution is 2.42. The molecule has 3 heteroatoms. The minimum atomic E-state index is 0.834. The zero-order chi connectivity index (χ0) is 7.97. The van der Waals surface area contributed by atoms with Crippen molar-refractivity contribution in [3.63, 3.8) is 0 Å². The fraction of sp³-hybridized carbons (Fsp3) is 0.667. The normalized spacial score (nSPS) is 22.3. The van der Waals surface area contributed by atoms with E-state index in [0.717, 1.165) is 25.4 Å². The van der Waals surface area contributed by atoms with Crippen molar-refractivity contribution in [3.05, 3.63) is 15.6 Å². The summed E-state index contributed by atoms with van der Waals surface area (Å²) in [6, 6.07) is 0. The summed E-state index contributed by atoms with van der Waals surface area (Å²) < 4.78 is 0. The van der Waals surface area contributed by atoms with Crippen molar-refractivity contribution in [2.45, 2.75) is 31.7 Å². The van der Waals surface area contributed by atoms with Crippen molar-refractivity contribution in [2.75, 3.05) is 6.54 Å². The third-order valence-electron chi connectivity index (χ3n) is 2.55. The highest BCUT2D eigenvalue weighted by atomic mass is 32.1. The molecule has 1 aromatic heterocycles. The summed E-state index contributed by atoms with van der Waals surface area (Å²) in [7, 11) is 0. The van der Waals surface area contributed by atoms with Gasteiger partial charge >= 0.3 is 0 Å². The van der Waals surface area contributed by atoms with Crippen LogP contribution in [0, 0.1) is 0 Å². The van der Waals surface area contributed by atoms with Crippen LogP contribution < -0.4 is 5.32 Å². The van der Waals surface area contributed by atoms with E-state index in [4.69, 9.17) is 4.98 Å². The molecule has 1 N–H and O–H groups in total. The molecule has 12 heavy (non-hydrogen) atoms. The molecule has 0 unspecified atom stereocenters. The van der Waals surface area contributed by atoms with Gasteiger partial charge in [-0.1, -0.05) is 0 Å². The Kier molecular flexibility index (Phi) is 1.49. The average Bonchev–Trinajstić information content (AvgIpc) is 2.85. The van der Waals surface area contributed by atoms with Crippen LogP contribution in [0.25, 0.3) is 0 Å². The van der Waals surface area contributed by atoms with Gasteiger partial charge in [0.25, 0.3) is 0 Å². The van der Waals surface area contributed by atoms with Crippen LogP contribution >= 0.6 is 11.3 Å². The highest BCUT2D eigenvalue weighted by Gasteiger charge is 2.28. The summed E-state index contributed by atoms with van der Waals surface area (Å²) in [6.07, 6.45) is 3.89. The van der Waals surface area contributed by atoms with Gasteiger partial charge in [0.1, 0.15) is 0 Å². The van der Waals surface area contributed by atoms with Gasteiger partial charge < -0.3 is 5.32 Å². The lowest BCUT2D eigenvalue weighted by Gasteiger charge is -2.09. The number of hydrogen-bond donors (Lipinski definition) is 1. The van der Waals surface area contributed by atoms with Crippen LogP contribution in [0.1, 0.15) is 34.3 Å². The van der Waals surface area contributed by atoms with E-state index >= 15 is 0 Å². The third kappa shape index (κ3) is 1.08. The average molecular weight is 180 g/mol. The van der Waals surface area contributed by atoms with Crippen LogP contribution in [0.15, 0.2) is 0 Å². The summed E-state index contributed by atoms with van der Waals surface area (Å²) in [6.45, 7) is 2.17. The van der Waals surface area contributed by atoms with Crippen LogP contribution in [0.2, 0.25) is 0 Å². The number of nitrogens with one attached hydrogen (secondary N) is 1. The zero-order valence-electron chi connectivity index (χ0n) is 6.97. The Morgan fingerprint density at radius 2 is 2.33 bits per heavy atom. The van der Waals surface area contributed by atoms with Crippen LogP contribution in [-0.4, -0.2) is 11.5 Å². The van der Waals surface area contributed by atoms with Gasteiger partial charge in [0.15, 0.2) is 0 Å². The predicted molar refractivity (Wildman–Crippen MR) is 49.5 cm³/mol. The van der Waals surface area contributed by atoms with E-state index in [-0.39, 0.29) is 0 Å². The summed E-state index contributed by atoms with van der Waals surface area (Å²) in [5.41, 5.74) is 1.38. The molecule has 0 aromatic carbocycles. The lowest BCUT2D eigenvalue weighted by atomic mass is 10.2. The number of nitrogens with zero attached hydrogens (tertiary/aromatic N) is 1. The van der Waals surface area contributed by atoms with Crippen molar-refractivity contribution in [1.29, 1.82) is 0 Å². The predicted octanol–water partition coefficient (Wildman–Crippen LogP) is 1.67. The lowest BCUT2D eigenvalue weighted by Crippen LogP contribution is -2.22. The van der Waals surface area contributed by atoms with Gasteiger partial charge in [-0.05, 0) is 12.8 Å². The van der Waals surface area contributed by atoms with Crippen molar-refractivity contribution in [1.82, 2.24) is 10.3 Å². The van der Waals surface area contributed by atoms with Crippen LogP contribution in [0.3, 0.4) is 0 Å². The fourth-order valence-electron chi connectivity index (χ4n) is 1.65. The van der Waals surface area contributed by atoms with E-state index in [1.165, 1.54) is 28.4 Å². The Morgan fingerprint density at radius 3 is 3.08 bits per heavy atom. The molecule has 1 aliphatic carbocycles. The molecule has 0 saturated heterocycles. The molecule has 3 rings (SSSR count). The monoisotopic (exact) mass is 180 g/mol. The first kappa shape index (κ1) is 7.04. The standard InChI is InChI=1S/C9H12N2S/c1-2-6(1)9-11-7-3-4-10-5-8(7)12-9/h6,10H,1-5H2. The summed E-state index contributed by atoms with van der Waals surface area (Å²) in [4.78, 5) is 6.18. The quantitative estimate of drug-likeness (QED) is 0.711. The third-order valence-corrected chi connectivity index (χ3v) is 3.81. The Labute approximate surface area is 76.0 Å². The number of fused-ring (bicyclic) bond motifs is 1. The molecule has 1 saturated carbocycles. The van der Waals surface area contributed by atoms with E-state index in [0.29, 0.717) is 0 Å². The van der Waals surface area contributed by atoms with Crippen LogP contribution in [0.4, 0.5) is 0 Å². The Bertz CT molecular complexity index is 278. The number of rotatable bonds is 1. The Morgan fingerprint density at radius 1 is 1.42 bits per heavy atom. The van der Waals surface area contributed by atoms with Gasteiger partial charge in [-0.15, -0.1) is 11.3 Å². The number of thiazole rings is 1. The molecule has 1 fully saturated rings. The number of hydrogen-bond acceptors (Lipinski definition) is 3. The SMILES string of the molecule is C1Cc2nc(C3CC3)sc2CN1. The fourth-order valence-corrected chi connectivity index (χ4v) is 2.90. The van der Waals surface area contributed by atoms with Crippen molar-refractivity contribution >= 4 is 11.3 Å². The van der Waals surface area contributed by atoms with E-state index in [9.17, 15) is 0 Å². The first-order valence-corrected chi connectivity index (χ1v) is 5.44. The van der Waals surface area contributed by atoms with Gasteiger partial charge in [-0.2, -0.15) is 0 Å². The molecule has 2 nitrogen and oxygen atoms in total. The second-order valence-electron chi connectivity index (χ2n) is 3.62. The van der Waals surface area contributed by atoms with Gasteiger partial charge in [0, 0.05) is 30.3 Å². The Balaban J connectivity index is 1.97. The molecule has 1 aromatic rings. The topological polar surface area (TPSA) is 24.9 Å². The molecule has 0 radical (unpaired) electrons. The van der Waals surface area contributed by atoms with E-state index in [2.05, 4.69) is 5.32 Å². The first-order valence-electron chi connectivity index (χ1n) is 4.62.